The summed E-state index contributed by atoms with van der Waals surface area (Å²) in [6, 6.07) is 37.4. The molecule has 0 saturated heterocycles. The van der Waals surface area contributed by atoms with Gasteiger partial charge in [0.1, 0.15) is 0 Å². The smallest absolute Gasteiger partial charge is 0.0160 e. The van der Waals surface area contributed by atoms with Gasteiger partial charge in [0.25, 0.3) is 0 Å². The molecule has 3 heterocycles. The Labute approximate surface area is 233 Å². The van der Waals surface area contributed by atoms with Crippen molar-refractivity contribution in [1.29, 1.82) is 0 Å². The van der Waals surface area contributed by atoms with E-state index in [2.05, 4.69) is 69.7 Å². The summed E-state index contributed by atoms with van der Waals surface area (Å²) in [4.78, 5) is 8.85. The third-order valence-electron chi connectivity index (χ3n) is 5.86. The first-order valence-corrected chi connectivity index (χ1v) is 19.8. The Hall–Kier alpha value is -2.63. The minimum atomic E-state index is -1.78. The minimum absolute atomic E-state index is 0. The van der Waals surface area contributed by atoms with Gasteiger partial charge in [-0.15, -0.1) is 35.9 Å². The number of nitrogens with zero attached hydrogens (tertiary/aromatic N) is 2. The molecule has 5 heteroatoms. The maximum absolute atomic E-state index is 4.63. The Morgan fingerprint density at radius 1 is 0.667 bits per heavy atom. The van der Waals surface area contributed by atoms with Crippen molar-refractivity contribution in [3.8, 4) is 22.5 Å². The van der Waals surface area contributed by atoms with Crippen molar-refractivity contribution in [2.75, 3.05) is 0 Å². The van der Waals surface area contributed by atoms with Gasteiger partial charge in [-0.1, -0.05) is 12.1 Å². The molecule has 6 aromatic rings. The predicted octanol–water partition coefficient (Wildman–Crippen LogP) is 8.01. The van der Waals surface area contributed by atoms with E-state index in [0.29, 0.717) is 0 Å². The molecule has 0 fully saturated rings. The summed E-state index contributed by atoms with van der Waals surface area (Å²) in [6.45, 7) is 0. The van der Waals surface area contributed by atoms with E-state index in [-0.39, 0.29) is 20.1 Å². The molecule has 0 saturated carbocycles. The largest absolute Gasteiger partial charge is 0.305 e. The summed E-state index contributed by atoms with van der Waals surface area (Å²) in [5.41, 5.74) is 4.06. The maximum Gasteiger partial charge on any atom is 0.0160 e. The van der Waals surface area contributed by atoms with Gasteiger partial charge in [-0.25, -0.2) is 0 Å². The summed E-state index contributed by atoms with van der Waals surface area (Å²) >= 11 is 0.0685. The molecule has 0 bridgehead atoms. The predicted molar refractivity (Wildman–Crippen MR) is 153 cm³/mol. The minimum Gasteiger partial charge on any atom is -0.305 e. The van der Waals surface area contributed by atoms with Gasteiger partial charge in [-0.2, -0.15) is 0 Å². The maximum atomic E-state index is 4.63. The van der Waals surface area contributed by atoms with Gasteiger partial charge >= 0.3 is 143 Å². The third-order valence-corrected chi connectivity index (χ3v) is 11.2. The number of hydrogen-bond acceptors (Lipinski definition) is 3. The number of benzene rings is 3. The van der Waals surface area contributed by atoms with Crippen LogP contribution in [-0.2, 0) is 20.1 Å². The number of fused-ring (bicyclic) bond motifs is 3. The van der Waals surface area contributed by atoms with E-state index < -0.39 is 13.3 Å². The molecule has 0 aliphatic carbocycles. The van der Waals surface area contributed by atoms with Crippen LogP contribution in [-0.4, -0.2) is 23.2 Å². The van der Waals surface area contributed by atoms with Gasteiger partial charge in [0, 0.05) is 26.3 Å². The van der Waals surface area contributed by atoms with E-state index in [0.717, 1.165) is 22.5 Å². The number of hydrogen-bond donors (Lipinski definition) is 0. The Balaban J connectivity index is 0.000000198. The zero-order valence-electron chi connectivity index (χ0n) is 20.5. The van der Waals surface area contributed by atoms with Crippen LogP contribution in [0.5, 0.6) is 0 Å². The Kier molecular flexibility index (Phi) is 8.53. The van der Waals surface area contributed by atoms with E-state index >= 15 is 0 Å². The normalized spacial score (nSPS) is 11.0. The molecular weight excluding hydrogens is 697 g/mol. The molecule has 181 valence electrons. The summed E-state index contributed by atoms with van der Waals surface area (Å²) in [5.74, 6) is 7.33. The second-order valence-corrected chi connectivity index (χ2v) is 21.1. The van der Waals surface area contributed by atoms with Gasteiger partial charge in [0.05, 0.1) is 0 Å². The molecule has 3 aromatic heterocycles. The fourth-order valence-electron chi connectivity index (χ4n) is 3.92. The van der Waals surface area contributed by atoms with E-state index in [1.807, 2.05) is 78.2 Å². The average molecular weight is 723 g/mol. The van der Waals surface area contributed by atoms with Crippen LogP contribution in [0.3, 0.4) is 0 Å². The molecule has 0 amide bonds. The molecule has 6 rings (SSSR count). The van der Waals surface area contributed by atoms with Crippen LogP contribution in [0.1, 0.15) is 0 Å². The Bertz CT molecular complexity index is 1520. The van der Waals surface area contributed by atoms with E-state index in [1.165, 1.54) is 20.2 Å². The number of pyridine rings is 2. The van der Waals surface area contributed by atoms with Crippen LogP contribution >= 0.6 is 11.3 Å². The van der Waals surface area contributed by atoms with Crippen LogP contribution in [0.4, 0.5) is 0 Å². The molecule has 3 aromatic carbocycles. The first-order valence-electron chi connectivity index (χ1n) is 11.7. The molecule has 0 aliphatic rings. The van der Waals surface area contributed by atoms with Crippen molar-refractivity contribution in [1.82, 2.24) is 9.97 Å². The van der Waals surface area contributed by atoms with Crippen molar-refractivity contribution in [3.05, 3.63) is 116 Å². The zero-order valence-corrected chi connectivity index (χ0v) is 25.8. The van der Waals surface area contributed by atoms with Crippen LogP contribution in [0, 0.1) is 12.1 Å². The van der Waals surface area contributed by atoms with Gasteiger partial charge in [0.2, 0.25) is 0 Å². The average Bonchev–Trinajstić information content (AvgIpc) is 3.27. The molecule has 2 nitrogen and oxygen atoms in total. The fourth-order valence-corrected chi connectivity index (χ4v) is 7.67. The van der Waals surface area contributed by atoms with Crippen molar-refractivity contribution in [2.45, 2.75) is 17.3 Å². The van der Waals surface area contributed by atoms with Crippen LogP contribution in [0.15, 0.2) is 103 Å². The number of thiophene rings is 1. The summed E-state index contributed by atoms with van der Waals surface area (Å²) in [6.07, 6.45) is 3.80. The van der Waals surface area contributed by atoms with Crippen LogP contribution < -0.4 is 4.40 Å². The van der Waals surface area contributed by atoms with Gasteiger partial charge in [0.15, 0.2) is 0 Å². The van der Waals surface area contributed by atoms with E-state index in [1.54, 1.807) is 10.6 Å². The first-order chi connectivity index (χ1) is 17.0. The molecule has 36 heavy (non-hydrogen) atoms. The topological polar surface area (TPSA) is 25.8 Å². The van der Waals surface area contributed by atoms with Crippen molar-refractivity contribution in [3.63, 3.8) is 0 Å². The van der Waals surface area contributed by atoms with E-state index in [4.69, 9.17) is 0 Å². The standard InChI is InChI=1S/C20H18GeNS.C11H8N.Ir/c1-21(2,3)15-9-10-16-17-12-18(14-7-5-4-6-8-14)22-13-20(17)23-19(16)11-15;1-2-6-10(7-3-1)11-8-4-5-9-12-11;/h4-7,9-13H,1-3H3;1-6,8-9H;/q2*-1;. The van der Waals surface area contributed by atoms with E-state index in [9.17, 15) is 0 Å². The van der Waals surface area contributed by atoms with Gasteiger partial charge in [-0.3, -0.25) is 0 Å². The molecule has 0 N–H and O–H groups in total. The summed E-state index contributed by atoms with van der Waals surface area (Å²) in [7, 11) is 0. The molecule has 0 atom stereocenters. The molecule has 1 radical (unpaired) electrons. The van der Waals surface area contributed by atoms with Crippen LogP contribution in [0.2, 0.25) is 17.3 Å². The fraction of sp³-hybridized carbons (Fsp3) is 0.0968. The quantitative estimate of drug-likeness (QED) is 0.137. The van der Waals surface area contributed by atoms with Crippen LogP contribution in [0.25, 0.3) is 42.7 Å². The molecular formula is C31H26GeIrN2S-2. The molecule has 0 spiro atoms. The number of aromatic nitrogens is 2. The van der Waals surface area contributed by atoms with Crippen molar-refractivity contribution in [2.24, 2.45) is 0 Å². The van der Waals surface area contributed by atoms with Gasteiger partial charge < -0.3 is 4.98 Å². The monoisotopic (exact) mass is 725 g/mol. The van der Waals surface area contributed by atoms with Crippen molar-refractivity contribution >= 4 is 49.2 Å². The second-order valence-electron chi connectivity index (χ2n) is 9.40. The summed E-state index contributed by atoms with van der Waals surface area (Å²) < 4.78 is 4.21. The molecule has 0 unspecified atom stereocenters. The number of rotatable bonds is 3. The Morgan fingerprint density at radius 3 is 1.97 bits per heavy atom. The first kappa shape index (κ1) is 26.4. The van der Waals surface area contributed by atoms with Crippen molar-refractivity contribution < 1.29 is 20.1 Å². The SMILES string of the molecule is [CH3][Ge]([CH3])([CH3])[c]1ccc2c(c1)sc1cnc(-c3[c-]cccc3)cc12.[Ir].[c-]1ccccc1-c1ccccn1. The Morgan fingerprint density at radius 2 is 1.36 bits per heavy atom. The van der Waals surface area contributed by atoms with Gasteiger partial charge in [-0.05, 0) is 11.8 Å². The third kappa shape index (κ3) is 6.01. The zero-order chi connectivity index (χ0) is 24.3. The second kappa shape index (κ2) is 11.6. The molecule has 0 aliphatic heterocycles. The summed E-state index contributed by atoms with van der Waals surface area (Å²) in [5, 5.41) is 2.65.